The summed E-state index contributed by atoms with van der Waals surface area (Å²) >= 11 is 0. The molecule has 2 unspecified atom stereocenters. The molecule has 0 bridgehead atoms. The monoisotopic (exact) mass is 232 g/mol. The van der Waals surface area contributed by atoms with Crippen molar-refractivity contribution in [1.82, 2.24) is 0 Å². The van der Waals surface area contributed by atoms with Crippen LogP contribution in [0.3, 0.4) is 0 Å². The number of carboxylic acid groups (broad SMARTS) is 2. The second-order valence-corrected chi connectivity index (χ2v) is 3.79. The number of aliphatic hydroxyl groups is 2. The molecule has 7 heteroatoms. The third kappa shape index (κ3) is 2.49. The van der Waals surface area contributed by atoms with Crippen LogP contribution in [-0.2, 0) is 14.3 Å². The molecule has 0 spiro atoms. The first-order chi connectivity index (χ1) is 7.34. The summed E-state index contributed by atoms with van der Waals surface area (Å²) in [6.07, 6.45) is -4.69. The van der Waals surface area contributed by atoms with Crippen molar-refractivity contribution >= 4 is 11.9 Å². The number of aliphatic hydroxyl groups excluding tert-OH is 2. The summed E-state index contributed by atoms with van der Waals surface area (Å²) in [4.78, 5) is 20.9. The van der Waals surface area contributed by atoms with Gasteiger partial charge in [0.2, 0.25) is 0 Å². The summed E-state index contributed by atoms with van der Waals surface area (Å²) in [5.74, 6) is -5.47. The second-order valence-electron chi connectivity index (χ2n) is 3.79. The van der Waals surface area contributed by atoms with E-state index >= 15 is 0 Å². The van der Waals surface area contributed by atoms with Crippen LogP contribution in [0.2, 0.25) is 0 Å². The molecule has 0 amide bonds. The molecular weight excluding hydrogens is 220 g/mol. The van der Waals surface area contributed by atoms with Crippen LogP contribution in [0.5, 0.6) is 0 Å². The summed E-state index contributed by atoms with van der Waals surface area (Å²) in [5.41, 5.74) is 0. The van der Waals surface area contributed by atoms with Crippen molar-refractivity contribution in [3.63, 3.8) is 0 Å². The maximum Gasteiger partial charge on any atom is 0.109 e. The summed E-state index contributed by atoms with van der Waals surface area (Å²) < 4.78 is 5.03. The van der Waals surface area contributed by atoms with Gasteiger partial charge in [0.1, 0.15) is 12.2 Å². The van der Waals surface area contributed by atoms with Crippen LogP contribution < -0.4 is 10.2 Å². The third-order valence-electron chi connectivity index (χ3n) is 2.64. The number of hydrogen-bond acceptors (Lipinski definition) is 7. The minimum Gasteiger partial charge on any atom is -0.549 e. The molecule has 1 aliphatic heterocycles. The summed E-state index contributed by atoms with van der Waals surface area (Å²) in [6.45, 7) is 1.49. The molecule has 4 atom stereocenters. The van der Waals surface area contributed by atoms with Crippen molar-refractivity contribution in [1.29, 1.82) is 0 Å². The average molecular weight is 232 g/mol. The van der Waals surface area contributed by atoms with Gasteiger partial charge in [-0.3, -0.25) is 0 Å². The smallest absolute Gasteiger partial charge is 0.109 e. The molecule has 1 heterocycles. The number of hydrogen-bond donors (Lipinski definition) is 2. The lowest BCUT2D eigenvalue weighted by molar-refractivity contribution is -0.332. The Hall–Kier alpha value is -1.18. The fourth-order valence-corrected chi connectivity index (χ4v) is 1.65. The van der Waals surface area contributed by atoms with Crippen LogP contribution in [0.25, 0.3) is 0 Å². The lowest BCUT2D eigenvalue weighted by atomic mass is 9.97. The molecule has 1 rings (SSSR count). The Morgan fingerprint density at radius 3 is 2.06 bits per heavy atom. The van der Waals surface area contributed by atoms with Crippen LogP contribution in [0, 0.1) is 5.92 Å². The fourth-order valence-electron chi connectivity index (χ4n) is 1.65. The van der Waals surface area contributed by atoms with Gasteiger partial charge in [-0.1, -0.05) is 0 Å². The van der Waals surface area contributed by atoms with Crippen LogP contribution >= 0.6 is 0 Å². The van der Waals surface area contributed by atoms with Gasteiger partial charge < -0.3 is 34.8 Å². The minimum absolute atomic E-state index is 0.493. The van der Waals surface area contributed by atoms with E-state index < -0.39 is 48.7 Å². The first-order valence-corrected chi connectivity index (χ1v) is 4.78. The summed E-state index contributed by atoms with van der Waals surface area (Å²) in [5, 5.41) is 39.7. The molecular formula is C9H12O7-2. The molecule has 0 aromatic rings. The quantitative estimate of drug-likeness (QED) is 0.472. The SMILES string of the molecule is C[C@@H]1O[C@H](CC(C(=O)[O-])C(=O)[O-])C(O)C1O. The number of rotatable bonds is 4. The lowest BCUT2D eigenvalue weighted by Gasteiger charge is -2.23. The molecule has 1 aliphatic rings. The highest BCUT2D eigenvalue weighted by molar-refractivity contribution is 5.90. The van der Waals surface area contributed by atoms with Crippen molar-refractivity contribution in [2.45, 2.75) is 37.8 Å². The molecule has 7 nitrogen and oxygen atoms in total. The molecule has 1 fully saturated rings. The maximum absolute atomic E-state index is 10.5. The molecule has 92 valence electrons. The van der Waals surface area contributed by atoms with E-state index in [1.807, 2.05) is 0 Å². The zero-order valence-corrected chi connectivity index (χ0v) is 8.53. The maximum atomic E-state index is 10.5. The molecule has 0 aromatic carbocycles. The van der Waals surface area contributed by atoms with Crippen molar-refractivity contribution in [3.8, 4) is 0 Å². The number of carbonyl (C=O) groups excluding carboxylic acids is 2. The van der Waals surface area contributed by atoms with Crippen LogP contribution in [0.15, 0.2) is 0 Å². The van der Waals surface area contributed by atoms with Crippen LogP contribution in [0.1, 0.15) is 13.3 Å². The summed E-state index contributed by atoms with van der Waals surface area (Å²) in [6, 6.07) is 0. The van der Waals surface area contributed by atoms with Gasteiger partial charge in [0.25, 0.3) is 0 Å². The van der Waals surface area contributed by atoms with Gasteiger partial charge >= 0.3 is 0 Å². The highest BCUT2D eigenvalue weighted by Crippen LogP contribution is 2.25. The first kappa shape index (κ1) is 12.9. The van der Waals surface area contributed by atoms with E-state index in [1.54, 1.807) is 0 Å². The first-order valence-electron chi connectivity index (χ1n) is 4.78. The molecule has 2 N–H and O–H groups in total. The van der Waals surface area contributed by atoms with E-state index in [9.17, 15) is 30.0 Å². The standard InChI is InChI=1S/C9H14O7/c1-3-6(10)7(11)5(16-3)2-4(8(12)13)9(14)15/h3-7,10-11H,2H2,1H3,(H,12,13)(H,14,15)/p-2/t3-,5+,6?,7?/m0/s1. The van der Waals surface area contributed by atoms with E-state index in [0.29, 0.717) is 0 Å². The van der Waals surface area contributed by atoms with Crippen molar-refractivity contribution in [2.24, 2.45) is 5.92 Å². The molecule has 1 saturated heterocycles. The second kappa shape index (κ2) is 4.77. The van der Waals surface area contributed by atoms with Gasteiger partial charge in [-0.05, 0) is 13.3 Å². The molecule has 0 aromatic heterocycles. The van der Waals surface area contributed by atoms with E-state index in [1.165, 1.54) is 6.92 Å². The Morgan fingerprint density at radius 2 is 1.75 bits per heavy atom. The Kier molecular flexibility index (Phi) is 3.84. The molecule has 0 aliphatic carbocycles. The zero-order valence-electron chi connectivity index (χ0n) is 8.53. The van der Waals surface area contributed by atoms with Crippen LogP contribution in [-0.4, -0.2) is 46.6 Å². The van der Waals surface area contributed by atoms with Gasteiger partial charge in [0.15, 0.2) is 0 Å². The van der Waals surface area contributed by atoms with E-state index in [0.717, 1.165) is 0 Å². The Bertz CT molecular complexity index is 276. The van der Waals surface area contributed by atoms with Gasteiger partial charge in [-0.25, -0.2) is 0 Å². The zero-order chi connectivity index (χ0) is 12.5. The van der Waals surface area contributed by atoms with E-state index in [2.05, 4.69) is 0 Å². The highest BCUT2D eigenvalue weighted by Gasteiger charge is 2.41. The van der Waals surface area contributed by atoms with Gasteiger partial charge in [0.05, 0.1) is 24.1 Å². The number of carbonyl (C=O) groups is 2. The lowest BCUT2D eigenvalue weighted by Crippen LogP contribution is -2.46. The topological polar surface area (TPSA) is 130 Å². The number of aliphatic carboxylic acids is 2. The molecule has 0 saturated carbocycles. The molecule has 0 radical (unpaired) electrons. The minimum atomic E-state index is -1.86. The molecule has 16 heavy (non-hydrogen) atoms. The van der Waals surface area contributed by atoms with Crippen LogP contribution in [0.4, 0.5) is 0 Å². The van der Waals surface area contributed by atoms with Gasteiger partial charge in [0, 0.05) is 5.92 Å². The Morgan fingerprint density at radius 1 is 1.25 bits per heavy atom. The van der Waals surface area contributed by atoms with Crippen molar-refractivity contribution in [2.75, 3.05) is 0 Å². The van der Waals surface area contributed by atoms with Crippen molar-refractivity contribution < 1.29 is 34.8 Å². The Balaban J connectivity index is 2.66. The fraction of sp³-hybridized carbons (Fsp3) is 0.778. The van der Waals surface area contributed by atoms with Gasteiger partial charge in [-0.2, -0.15) is 0 Å². The average Bonchev–Trinajstić information content (AvgIpc) is 2.41. The predicted octanol–water partition coefficient (Wildman–Crippen LogP) is -4.00. The number of ether oxygens (including phenoxy) is 1. The third-order valence-corrected chi connectivity index (χ3v) is 2.64. The van der Waals surface area contributed by atoms with Gasteiger partial charge in [-0.15, -0.1) is 0 Å². The highest BCUT2D eigenvalue weighted by atomic mass is 16.5. The predicted molar refractivity (Wildman–Crippen MR) is 44.5 cm³/mol. The Labute approximate surface area is 91.3 Å². The van der Waals surface area contributed by atoms with E-state index in [4.69, 9.17) is 4.74 Å². The normalized spacial score (nSPS) is 34.2. The number of carboxylic acids is 2. The largest absolute Gasteiger partial charge is 0.549 e. The summed E-state index contributed by atoms with van der Waals surface area (Å²) in [7, 11) is 0. The van der Waals surface area contributed by atoms with Crippen molar-refractivity contribution in [3.05, 3.63) is 0 Å². The van der Waals surface area contributed by atoms with E-state index in [-0.39, 0.29) is 0 Å².